The van der Waals surface area contributed by atoms with Gasteiger partial charge in [0.15, 0.2) is 0 Å². The molecule has 2 atom stereocenters. The van der Waals surface area contributed by atoms with Crippen LogP contribution >= 0.6 is 0 Å². The third-order valence-electron chi connectivity index (χ3n) is 2.66. The zero-order valence-electron chi connectivity index (χ0n) is 8.86. The maximum absolute atomic E-state index is 6.02. The van der Waals surface area contributed by atoms with E-state index in [0.29, 0.717) is 6.42 Å². The second-order valence-electron chi connectivity index (χ2n) is 3.76. The summed E-state index contributed by atoms with van der Waals surface area (Å²) in [5.41, 5.74) is 7.27. The Balaban J connectivity index is 2.02. The highest BCUT2D eigenvalue weighted by Gasteiger charge is 2.27. The van der Waals surface area contributed by atoms with Crippen molar-refractivity contribution in [3.63, 3.8) is 0 Å². The van der Waals surface area contributed by atoms with Crippen molar-refractivity contribution >= 4 is 0 Å². The summed E-state index contributed by atoms with van der Waals surface area (Å²) in [6, 6.07) is 8.10. The predicted molar refractivity (Wildman–Crippen MR) is 60.6 cm³/mol. The van der Waals surface area contributed by atoms with Gasteiger partial charge in [0.25, 0.3) is 0 Å². The van der Waals surface area contributed by atoms with Crippen LogP contribution in [0.5, 0.6) is 5.75 Å². The molecular weight excluding hydrogens is 186 g/mol. The number of rotatable bonds is 2. The molecule has 1 aromatic rings. The van der Waals surface area contributed by atoms with Gasteiger partial charge in [-0.2, -0.15) is 0 Å². The Morgan fingerprint density at radius 1 is 1.53 bits per heavy atom. The predicted octanol–water partition coefficient (Wildman–Crippen LogP) is 1.73. The summed E-state index contributed by atoms with van der Waals surface area (Å²) >= 11 is 0. The van der Waals surface area contributed by atoms with Crippen LogP contribution in [0.4, 0.5) is 0 Å². The molecule has 2 rings (SSSR count). The van der Waals surface area contributed by atoms with Crippen molar-refractivity contribution in [1.82, 2.24) is 0 Å². The fraction of sp³-hybridized carbons (Fsp3) is 0.385. The Hall–Kier alpha value is -1.46. The number of hydrogen-bond acceptors (Lipinski definition) is 2. The molecule has 15 heavy (non-hydrogen) atoms. The van der Waals surface area contributed by atoms with Crippen LogP contribution < -0.4 is 10.5 Å². The Bertz CT molecular complexity index is 377. The number of ether oxygens (including phenoxy) is 1. The normalized spacial score (nSPS) is 19.7. The van der Waals surface area contributed by atoms with Gasteiger partial charge in [0, 0.05) is 12.8 Å². The summed E-state index contributed by atoms with van der Waals surface area (Å²) in [5, 5.41) is 0. The molecule has 2 N–H and O–H groups in total. The maximum atomic E-state index is 6.02. The van der Waals surface area contributed by atoms with E-state index in [1.54, 1.807) is 0 Å². The van der Waals surface area contributed by atoms with Crippen LogP contribution in [0.2, 0.25) is 0 Å². The van der Waals surface area contributed by atoms with E-state index in [-0.39, 0.29) is 12.1 Å². The van der Waals surface area contributed by atoms with Crippen LogP contribution in [-0.4, -0.2) is 12.1 Å². The molecule has 1 aliphatic heterocycles. The summed E-state index contributed by atoms with van der Waals surface area (Å²) in [6.45, 7) is 1.83. The molecule has 0 amide bonds. The van der Waals surface area contributed by atoms with Gasteiger partial charge in [-0.25, -0.2) is 0 Å². The van der Waals surface area contributed by atoms with E-state index in [0.717, 1.165) is 12.2 Å². The van der Waals surface area contributed by atoms with E-state index < -0.39 is 0 Å². The first-order valence-corrected chi connectivity index (χ1v) is 5.21. The Labute approximate surface area is 90.4 Å². The standard InChI is InChI=1S/C13H15NO/c1-2-3-7-11(14)13-9-10-6-4-5-8-12(10)15-13/h4-6,8,11,13H,7,9,14H2,1H3. The van der Waals surface area contributed by atoms with E-state index in [4.69, 9.17) is 10.5 Å². The zero-order valence-corrected chi connectivity index (χ0v) is 8.86. The van der Waals surface area contributed by atoms with Gasteiger partial charge in [0.2, 0.25) is 0 Å². The van der Waals surface area contributed by atoms with Crippen LogP contribution in [0.15, 0.2) is 24.3 Å². The number of fused-ring (bicyclic) bond motifs is 1. The Morgan fingerprint density at radius 2 is 2.33 bits per heavy atom. The van der Waals surface area contributed by atoms with Gasteiger partial charge < -0.3 is 10.5 Å². The summed E-state index contributed by atoms with van der Waals surface area (Å²) in [5.74, 6) is 6.83. The maximum Gasteiger partial charge on any atom is 0.123 e. The zero-order chi connectivity index (χ0) is 10.7. The highest BCUT2D eigenvalue weighted by Crippen LogP contribution is 2.29. The molecule has 0 fully saturated rings. The average Bonchev–Trinajstić information content (AvgIpc) is 2.69. The van der Waals surface area contributed by atoms with Gasteiger partial charge in [0.05, 0.1) is 6.04 Å². The lowest BCUT2D eigenvalue weighted by Crippen LogP contribution is -2.37. The van der Waals surface area contributed by atoms with Crippen molar-refractivity contribution < 1.29 is 4.74 Å². The van der Waals surface area contributed by atoms with Crippen LogP contribution in [0.25, 0.3) is 0 Å². The van der Waals surface area contributed by atoms with Crippen molar-refractivity contribution in [3.05, 3.63) is 29.8 Å². The highest BCUT2D eigenvalue weighted by atomic mass is 16.5. The van der Waals surface area contributed by atoms with Crippen molar-refractivity contribution in [2.24, 2.45) is 5.73 Å². The minimum atomic E-state index is 0.00449. The minimum absolute atomic E-state index is 0.00449. The molecule has 0 radical (unpaired) electrons. The fourth-order valence-corrected chi connectivity index (χ4v) is 1.80. The van der Waals surface area contributed by atoms with Crippen molar-refractivity contribution in [2.75, 3.05) is 0 Å². The number of nitrogens with two attached hydrogens (primary N) is 1. The third kappa shape index (κ3) is 2.14. The van der Waals surface area contributed by atoms with E-state index in [2.05, 4.69) is 17.9 Å². The topological polar surface area (TPSA) is 35.2 Å². The first kappa shape index (κ1) is 10.1. The molecule has 2 unspecified atom stereocenters. The first-order chi connectivity index (χ1) is 7.31. The quantitative estimate of drug-likeness (QED) is 0.740. The molecule has 0 spiro atoms. The van der Waals surface area contributed by atoms with Gasteiger partial charge in [-0.05, 0) is 18.6 Å². The lowest BCUT2D eigenvalue weighted by Gasteiger charge is -2.16. The lowest BCUT2D eigenvalue weighted by molar-refractivity contribution is 0.200. The van der Waals surface area contributed by atoms with E-state index in [1.807, 2.05) is 25.1 Å². The van der Waals surface area contributed by atoms with E-state index >= 15 is 0 Å². The van der Waals surface area contributed by atoms with Crippen molar-refractivity contribution in [1.29, 1.82) is 0 Å². The van der Waals surface area contributed by atoms with Gasteiger partial charge >= 0.3 is 0 Å². The smallest absolute Gasteiger partial charge is 0.123 e. The molecule has 1 aliphatic rings. The van der Waals surface area contributed by atoms with Gasteiger partial charge in [-0.15, -0.1) is 11.8 Å². The largest absolute Gasteiger partial charge is 0.488 e. The summed E-state index contributed by atoms with van der Waals surface area (Å²) in [6.07, 6.45) is 1.70. The molecule has 1 aromatic carbocycles. The second-order valence-corrected chi connectivity index (χ2v) is 3.76. The van der Waals surface area contributed by atoms with Crippen LogP contribution in [0.1, 0.15) is 18.9 Å². The lowest BCUT2D eigenvalue weighted by atomic mass is 10.0. The molecule has 1 heterocycles. The fourth-order valence-electron chi connectivity index (χ4n) is 1.80. The van der Waals surface area contributed by atoms with Crippen molar-refractivity contribution in [2.45, 2.75) is 31.9 Å². The molecule has 0 bridgehead atoms. The monoisotopic (exact) mass is 201 g/mol. The van der Waals surface area contributed by atoms with Gasteiger partial charge in [0.1, 0.15) is 11.9 Å². The third-order valence-corrected chi connectivity index (χ3v) is 2.66. The minimum Gasteiger partial charge on any atom is -0.488 e. The van der Waals surface area contributed by atoms with Crippen LogP contribution in [0, 0.1) is 11.8 Å². The summed E-state index contributed by atoms with van der Waals surface area (Å²) < 4.78 is 5.77. The molecule has 2 heteroatoms. The number of para-hydroxylation sites is 1. The Kier molecular flexibility index (Phi) is 2.94. The van der Waals surface area contributed by atoms with Gasteiger partial charge in [-0.3, -0.25) is 0 Å². The number of benzene rings is 1. The summed E-state index contributed by atoms with van der Waals surface area (Å²) in [7, 11) is 0. The van der Waals surface area contributed by atoms with Crippen LogP contribution in [-0.2, 0) is 6.42 Å². The molecule has 0 aliphatic carbocycles. The molecule has 0 saturated carbocycles. The van der Waals surface area contributed by atoms with Crippen LogP contribution in [0.3, 0.4) is 0 Å². The molecular formula is C13H15NO. The summed E-state index contributed by atoms with van der Waals surface area (Å²) in [4.78, 5) is 0. The molecule has 0 aromatic heterocycles. The molecule has 0 saturated heterocycles. The van der Waals surface area contributed by atoms with E-state index in [9.17, 15) is 0 Å². The number of hydrogen-bond donors (Lipinski definition) is 1. The van der Waals surface area contributed by atoms with Gasteiger partial charge in [-0.1, -0.05) is 18.2 Å². The highest BCUT2D eigenvalue weighted by molar-refractivity contribution is 5.37. The first-order valence-electron chi connectivity index (χ1n) is 5.21. The molecule has 78 valence electrons. The SMILES string of the molecule is CC#CCC(N)C1Cc2ccccc2O1. The average molecular weight is 201 g/mol. The van der Waals surface area contributed by atoms with Crippen molar-refractivity contribution in [3.8, 4) is 17.6 Å². The van der Waals surface area contributed by atoms with E-state index in [1.165, 1.54) is 5.56 Å². The molecule has 2 nitrogen and oxygen atoms in total. The second kappa shape index (κ2) is 4.37. The Morgan fingerprint density at radius 3 is 3.07 bits per heavy atom.